The Bertz CT molecular complexity index is 394. The standard InChI is InChI=1S/C14H20O5/c1-10(16)19-9-12(8-15)4-11-5-13(17-2)7-14(6-11)18-3/h5-7,12,15H,4,8-9H2,1-3H3. The Kier molecular flexibility index (Phi) is 6.15. The maximum atomic E-state index is 10.8. The summed E-state index contributed by atoms with van der Waals surface area (Å²) < 4.78 is 15.3. The molecule has 0 spiro atoms. The van der Waals surface area contributed by atoms with E-state index in [-0.39, 0.29) is 25.1 Å². The first kappa shape index (κ1) is 15.3. The number of carbonyl (C=O) groups is 1. The highest BCUT2D eigenvalue weighted by Gasteiger charge is 2.12. The maximum absolute atomic E-state index is 10.8. The van der Waals surface area contributed by atoms with Crippen LogP contribution < -0.4 is 9.47 Å². The van der Waals surface area contributed by atoms with Gasteiger partial charge in [0.25, 0.3) is 0 Å². The summed E-state index contributed by atoms with van der Waals surface area (Å²) in [5, 5.41) is 9.30. The second-order valence-electron chi connectivity index (χ2n) is 4.28. The molecule has 106 valence electrons. The quantitative estimate of drug-likeness (QED) is 0.758. The van der Waals surface area contributed by atoms with Crippen LogP contribution >= 0.6 is 0 Å². The Balaban J connectivity index is 2.75. The molecule has 1 aromatic carbocycles. The van der Waals surface area contributed by atoms with Crippen LogP contribution in [0, 0.1) is 5.92 Å². The smallest absolute Gasteiger partial charge is 0.302 e. The van der Waals surface area contributed by atoms with E-state index in [1.807, 2.05) is 12.1 Å². The lowest BCUT2D eigenvalue weighted by atomic mass is 10.0. The van der Waals surface area contributed by atoms with E-state index in [1.54, 1.807) is 20.3 Å². The minimum atomic E-state index is -0.346. The van der Waals surface area contributed by atoms with Gasteiger partial charge in [0.15, 0.2) is 0 Å². The molecule has 1 atom stereocenters. The molecule has 5 heteroatoms. The van der Waals surface area contributed by atoms with E-state index in [1.165, 1.54) is 6.92 Å². The fraction of sp³-hybridized carbons (Fsp3) is 0.500. The van der Waals surface area contributed by atoms with Crippen molar-refractivity contribution in [3.63, 3.8) is 0 Å². The van der Waals surface area contributed by atoms with Crippen LogP contribution in [0.25, 0.3) is 0 Å². The maximum Gasteiger partial charge on any atom is 0.302 e. The zero-order valence-electron chi connectivity index (χ0n) is 11.5. The van der Waals surface area contributed by atoms with Crippen molar-refractivity contribution in [1.82, 2.24) is 0 Å². The van der Waals surface area contributed by atoms with Gasteiger partial charge in [-0.15, -0.1) is 0 Å². The van der Waals surface area contributed by atoms with Gasteiger partial charge < -0.3 is 19.3 Å². The summed E-state index contributed by atoms with van der Waals surface area (Å²) in [6.07, 6.45) is 0.581. The third-order valence-corrected chi connectivity index (χ3v) is 2.72. The summed E-state index contributed by atoms with van der Waals surface area (Å²) in [7, 11) is 3.17. The zero-order chi connectivity index (χ0) is 14.3. The van der Waals surface area contributed by atoms with Crippen molar-refractivity contribution in [3.05, 3.63) is 23.8 Å². The fourth-order valence-electron chi connectivity index (χ4n) is 1.73. The molecular weight excluding hydrogens is 248 g/mol. The summed E-state index contributed by atoms with van der Waals surface area (Å²) >= 11 is 0. The van der Waals surface area contributed by atoms with E-state index in [2.05, 4.69) is 0 Å². The number of hydrogen-bond acceptors (Lipinski definition) is 5. The van der Waals surface area contributed by atoms with Crippen LogP contribution in [0.1, 0.15) is 12.5 Å². The zero-order valence-corrected chi connectivity index (χ0v) is 11.5. The van der Waals surface area contributed by atoms with Crippen molar-refractivity contribution >= 4 is 5.97 Å². The number of carbonyl (C=O) groups excluding carboxylic acids is 1. The molecule has 0 fully saturated rings. The molecule has 0 aromatic heterocycles. The highest BCUT2D eigenvalue weighted by atomic mass is 16.5. The van der Waals surface area contributed by atoms with Crippen molar-refractivity contribution in [2.24, 2.45) is 5.92 Å². The minimum absolute atomic E-state index is 0.0488. The van der Waals surface area contributed by atoms with Crippen molar-refractivity contribution < 1.29 is 24.1 Å². The summed E-state index contributed by atoms with van der Waals surface area (Å²) in [4.78, 5) is 10.8. The molecule has 5 nitrogen and oxygen atoms in total. The summed E-state index contributed by atoms with van der Waals surface area (Å²) in [6.45, 7) is 1.50. The lowest BCUT2D eigenvalue weighted by molar-refractivity contribution is -0.142. The van der Waals surface area contributed by atoms with Crippen molar-refractivity contribution in [2.75, 3.05) is 27.4 Å². The number of methoxy groups -OCH3 is 2. The molecule has 0 radical (unpaired) electrons. The van der Waals surface area contributed by atoms with Crippen molar-refractivity contribution in [3.8, 4) is 11.5 Å². The second-order valence-corrected chi connectivity index (χ2v) is 4.28. The van der Waals surface area contributed by atoms with E-state index in [4.69, 9.17) is 14.2 Å². The van der Waals surface area contributed by atoms with Crippen molar-refractivity contribution in [1.29, 1.82) is 0 Å². The second kappa shape index (κ2) is 7.63. The Morgan fingerprint density at radius 1 is 1.21 bits per heavy atom. The molecule has 1 unspecified atom stereocenters. The molecule has 19 heavy (non-hydrogen) atoms. The van der Waals surface area contributed by atoms with Crippen molar-refractivity contribution in [2.45, 2.75) is 13.3 Å². The molecule has 0 aliphatic rings. The molecule has 0 aliphatic heterocycles. The van der Waals surface area contributed by atoms with Gasteiger partial charge in [0.05, 0.1) is 20.8 Å². The van der Waals surface area contributed by atoms with Gasteiger partial charge in [-0.2, -0.15) is 0 Å². The Labute approximate surface area is 113 Å². The molecular formula is C14H20O5. The molecule has 0 saturated heterocycles. The van der Waals surface area contributed by atoms with Crippen LogP contribution in [0.4, 0.5) is 0 Å². The first-order valence-corrected chi connectivity index (χ1v) is 6.05. The number of benzene rings is 1. The van der Waals surface area contributed by atoms with Gasteiger partial charge in [-0.25, -0.2) is 0 Å². The number of rotatable bonds is 7. The SMILES string of the molecule is COc1cc(CC(CO)COC(C)=O)cc(OC)c1. The van der Waals surface area contributed by atoms with Crippen LogP contribution in [0.15, 0.2) is 18.2 Å². The Morgan fingerprint density at radius 2 is 1.79 bits per heavy atom. The van der Waals surface area contributed by atoms with Gasteiger partial charge in [-0.3, -0.25) is 4.79 Å². The van der Waals surface area contributed by atoms with E-state index in [0.717, 1.165) is 5.56 Å². The van der Waals surface area contributed by atoms with Gasteiger partial charge >= 0.3 is 5.97 Å². The molecule has 1 N–H and O–H groups in total. The highest BCUT2D eigenvalue weighted by Crippen LogP contribution is 2.24. The lowest BCUT2D eigenvalue weighted by Gasteiger charge is -2.15. The Morgan fingerprint density at radius 3 is 2.21 bits per heavy atom. The first-order valence-electron chi connectivity index (χ1n) is 6.05. The van der Waals surface area contributed by atoms with E-state index < -0.39 is 0 Å². The number of aliphatic hydroxyl groups is 1. The van der Waals surface area contributed by atoms with Gasteiger partial charge in [-0.05, 0) is 24.1 Å². The molecule has 0 bridgehead atoms. The van der Waals surface area contributed by atoms with E-state index in [9.17, 15) is 9.90 Å². The first-order chi connectivity index (χ1) is 9.08. The topological polar surface area (TPSA) is 65.0 Å². The van der Waals surface area contributed by atoms with Gasteiger partial charge in [0, 0.05) is 25.5 Å². The summed E-state index contributed by atoms with van der Waals surface area (Å²) in [5.41, 5.74) is 0.961. The number of esters is 1. The fourth-order valence-corrected chi connectivity index (χ4v) is 1.73. The molecule has 0 saturated carbocycles. The predicted octanol–water partition coefficient (Wildman–Crippen LogP) is 1.42. The normalized spacial score (nSPS) is 11.8. The largest absolute Gasteiger partial charge is 0.497 e. The average Bonchev–Trinajstić information content (AvgIpc) is 2.42. The number of ether oxygens (including phenoxy) is 3. The Hall–Kier alpha value is -1.75. The summed E-state index contributed by atoms with van der Waals surface area (Å²) in [5.74, 6) is 0.902. The van der Waals surface area contributed by atoms with E-state index >= 15 is 0 Å². The molecule has 1 rings (SSSR count). The third kappa shape index (κ3) is 5.18. The molecule has 0 amide bonds. The highest BCUT2D eigenvalue weighted by molar-refractivity contribution is 5.65. The lowest BCUT2D eigenvalue weighted by Crippen LogP contribution is -2.18. The van der Waals surface area contributed by atoms with Crippen LogP contribution in [-0.2, 0) is 16.0 Å². The van der Waals surface area contributed by atoms with E-state index in [0.29, 0.717) is 17.9 Å². The number of aliphatic hydroxyl groups excluding tert-OH is 1. The average molecular weight is 268 g/mol. The van der Waals surface area contributed by atoms with Gasteiger partial charge in [-0.1, -0.05) is 0 Å². The molecule has 0 aliphatic carbocycles. The van der Waals surface area contributed by atoms with Crippen LogP contribution in [0.5, 0.6) is 11.5 Å². The van der Waals surface area contributed by atoms with Crippen LogP contribution in [0.2, 0.25) is 0 Å². The summed E-state index contributed by atoms with van der Waals surface area (Å²) in [6, 6.07) is 5.53. The monoisotopic (exact) mass is 268 g/mol. The predicted molar refractivity (Wildman–Crippen MR) is 70.5 cm³/mol. The van der Waals surface area contributed by atoms with Crippen LogP contribution in [-0.4, -0.2) is 38.5 Å². The third-order valence-electron chi connectivity index (χ3n) is 2.72. The van der Waals surface area contributed by atoms with Gasteiger partial charge in [0.2, 0.25) is 0 Å². The minimum Gasteiger partial charge on any atom is -0.497 e. The molecule has 1 aromatic rings. The van der Waals surface area contributed by atoms with Gasteiger partial charge in [0.1, 0.15) is 11.5 Å². The number of hydrogen-bond donors (Lipinski definition) is 1. The molecule has 0 heterocycles. The van der Waals surface area contributed by atoms with Crippen LogP contribution in [0.3, 0.4) is 0 Å².